The zero-order valence-electron chi connectivity index (χ0n) is 12.7. The molecular weight excluding hydrogens is 340 g/mol. The highest BCUT2D eigenvalue weighted by Crippen LogP contribution is 2.16. The van der Waals surface area contributed by atoms with Gasteiger partial charge in [0, 0.05) is 23.1 Å². The molecule has 22 heavy (non-hydrogen) atoms. The molecule has 0 fully saturated rings. The Morgan fingerprint density at radius 1 is 1.14 bits per heavy atom. The molecule has 0 aliphatic carbocycles. The monoisotopic (exact) mass is 360 g/mol. The van der Waals surface area contributed by atoms with Crippen LogP contribution in [-0.2, 0) is 17.8 Å². The van der Waals surface area contributed by atoms with Crippen LogP contribution < -0.4 is 10.6 Å². The molecule has 0 aromatic heterocycles. The Morgan fingerprint density at radius 3 is 2.73 bits per heavy atom. The Labute approximate surface area is 140 Å². The number of nitrogens with one attached hydrogen (secondary N) is 2. The maximum absolute atomic E-state index is 12.2. The molecule has 0 saturated heterocycles. The highest BCUT2D eigenvalue weighted by atomic mass is 79.9. The normalized spacial score (nSPS) is 10.5. The molecule has 0 aliphatic heterocycles. The third-order valence-electron chi connectivity index (χ3n) is 3.39. The van der Waals surface area contributed by atoms with Crippen molar-refractivity contribution in [2.45, 2.75) is 26.3 Å². The Balaban J connectivity index is 1.92. The second kappa shape index (κ2) is 8.71. The maximum atomic E-state index is 12.2. The van der Waals surface area contributed by atoms with Gasteiger partial charge in [-0.25, -0.2) is 0 Å². The number of amides is 1. The zero-order valence-corrected chi connectivity index (χ0v) is 14.3. The summed E-state index contributed by atoms with van der Waals surface area (Å²) in [7, 11) is 0. The lowest BCUT2D eigenvalue weighted by Gasteiger charge is -2.11. The molecule has 0 radical (unpaired) electrons. The number of carbonyl (C=O) groups is 1. The van der Waals surface area contributed by atoms with E-state index in [2.05, 4.69) is 33.5 Å². The molecule has 0 saturated carbocycles. The third kappa shape index (κ3) is 5.28. The minimum Gasteiger partial charge on any atom is -0.326 e. The lowest BCUT2D eigenvalue weighted by molar-refractivity contribution is -0.116. The van der Waals surface area contributed by atoms with Gasteiger partial charge in [0.05, 0.1) is 0 Å². The van der Waals surface area contributed by atoms with Gasteiger partial charge in [0.1, 0.15) is 0 Å². The van der Waals surface area contributed by atoms with E-state index in [1.54, 1.807) is 0 Å². The highest BCUT2D eigenvalue weighted by Gasteiger charge is 2.07. The second-order valence-corrected chi connectivity index (χ2v) is 6.03. The van der Waals surface area contributed by atoms with Gasteiger partial charge in [-0.1, -0.05) is 53.2 Å². The first kappa shape index (κ1) is 16.7. The van der Waals surface area contributed by atoms with Crippen molar-refractivity contribution < 1.29 is 4.79 Å². The number of anilines is 1. The van der Waals surface area contributed by atoms with E-state index in [9.17, 15) is 4.79 Å². The fraction of sp³-hybridized carbons (Fsp3) is 0.278. The molecule has 2 aromatic carbocycles. The van der Waals surface area contributed by atoms with Gasteiger partial charge in [-0.3, -0.25) is 4.79 Å². The quantitative estimate of drug-likeness (QED) is 0.779. The summed E-state index contributed by atoms with van der Waals surface area (Å²) in [6.45, 7) is 3.74. The van der Waals surface area contributed by atoms with Crippen LogP contribution in [-0.4, -0.2) is 12.5 Å². The van der Waals surface area contributed by atoms with Crippen LogP contribution in [0.25, 0.3) is 0 Å². The summed E-state index contributed by atoms with van der Waals surface area (Å²) in [5, 5.41) is 6.30. The molecule has 0 heterocycles. The predicted molar refractivity (Wildman–Crippen MR) is 94.9 cm³/mol. The van der Waals surface area contributed by atoms with Crippen molar-refractivity contribution in [1.29, 1.82) is 0 Å². The van der Waals surface area contributed by atoms with Crippen LogP contribution in [0, 0.1) is 0 Å². The molecule has 0 spiro atoms. The van der Waals surface area contributed by atoms with E-state index in [0.717, 1.165) is 40.8 Å². The smallest absolute Gasteiger partial charge is 0.224 e. The van der Waals surface area contributed by atoms with Crippen molar-refractivity contribution in [1.82, 2.24) is 5.32 Å². The van der Waals surface area contributed by atoms with E-state index >= 15 is 0 Å². The molecule has 2 aromatic rings. The third-order valence-corrected chi connectivity index (χ3v) is 3.88. The lowest BCUT2D eigenvalue weighted by Crippen LogP contribution is -2.17. The van der Waals surface area contributed by atoms with Crippen molar-refractivity contribution in [3.63, 3.8) is 0 Å². The van der Waals surface area contributed by atoms with Crippen LogP contribution in [0.3, 0.4) is 0 Å². The number of para-hydroxylation sites is 1. The minimum absolute atomic E-state index is 0.0453. The lowest BCUT2D eigenvalue weighted by atomic mass is 10.1. The Morgan fingerprint density at radius 2 is 1.95 bits per heavy atom. The number of carbonyl (C=O) groups excluding carboxylic acids is 1. The molecule has 2 N–H and O–H groups in total. The Kier molecular flexibility index (Phi) is 6.62. The first-order chi connectivity index (χ1) is 10.7. The van der Waals surface area contributed by atoms with Crippen molar-refractivity contribution in [2.24, 2.45) is 0 Å². The zero-order chi connectivity index (χ0) is 15.8. The standard InChI is InChI=1S/C18H21BrN2O/c1-2-20-13-15-7-3-4-9-17(15)21-18(22)11-10-14-6-5-8-16(19)12-14/h3-9,12,20H,2,10-11,13H2,1H3,(H,21,22). The molecule has 2 rings (SSSR count). The molecular formula is C18H21BrN2O. The van der Waals surface area contributed by atoms with Gasteiger partial charge in [-0.2, -0.15) is 0 Å². The van der Waals surface area contributed by atoms with E-state index in [1.165, 1.54) is 0 Å². The van der Waals surface area contributed by atoms with Gasteiger partial charge in [0.15, 0.2) is 0 Å². The average Bonchev–Trinajstić information content (AvgIpc) is 2.52. The highest BCUT2D eigenvalue weighted by molar-refractivity contribution is 9.10. The van der Waals surface area contributed by atoms with Crippen LogP contribution in [0.4, 0.5) is 5.69 Å². The Bertz CT molecular complexity index is 628. The van der Waals surface area contributed by atoms with Crippen LogP contribution in [0.5, 0.6) is 0 Å². The molecule has 0 unspecified atom stereocenters. The summed E-state index contributed by atoms with van der Waals surface area (Å²) in [6, 6.07) is 16.0. The average molecular weight is 361 g/mol. The van der Waals surface area contributed by atoms with E-state index < -0.39 is 0 Å². The minimum atomic E-state index is 0.0453. The van der Waals surface area contributed by atoms with Gasteiger partial charge < -0.3 is 10.6 Å². The molecule has 3 nitrogen and oxygen atoms in total. The van der Waals surface area contributed by atoms with Gasteiger partial charge in [0.2, 0.25) is 5.91 Å². The van der Waals surface area contributed by atoms with Gasteiger partial charge in [-0.05, 0) is 42.3 Å². The van der Waals surface area contributed by atoms with Crippen LogP contribution in [0.15, 0.2) is 53.0 Å². The topological polar surface area (TPSA) is 41.1 Å². The summed E-state index contributed by atoms with van der Waals surface area (Å²) < 4.78 is 1.04. The number of aryl methyl sites for hydroxylation is 1. The van der Waals surface area contributed by atoms with E-state index in [4.69, 9.17) is 0 Å². The van der Waals surface area contributed by atoms with Gasteiger partial charge in [-0.15, -0.1) is 0 Å². The van der Waals surface area contributed by atoms with Crippen LogP contribution >= 0.6 is 15.9 Å². The number of benzene rings is 2. The van der Waals surface area contributed by atoms with Crippen LogP contribution in [0.1, 0.15) is 24.5 Å². The van der Waals surface area contributed by atoms with Gasteiger partial charge >= 0.3 is 0 Å². The van der Waals surface area contributed by atoms with Crippen molar-refractivity contribution in [3.8, 4) is 0 Å². The van der Waals surface area contributed by atoms with Gasteiger partial charge in [0.25, 0.3) is 0 Å². The predicted octanol–water partition coefficient (Wildman–Crippen LogP) is 4.13. The Hall–Kier alpha value is -1.65. The summed E-state index contributed by atoms with van der Waals surface area (Å²) >= 11 is 3.45. The molecule has 4 heteroatoms. The van der Waals surface area contributed by atoms with Crippen molar-refractivity contribution in [3.05, 3.63) is 64.1 Å². The number of halogens is 1. The van der Waals surface area contributed by atoms with Crippen LogP contribution in [0.2, 0.25) is 0 Å². The van der Waals surface area contributed by atoms with E-state index in [-0.39, 0.29) is 5.91 Å². The van der Waals surface area contributed by atoms with E-state index in [0.29, 0.717) is 6.42 Å². The molecule has 0 bridgehead atoms. The molecule has 1 amide bonds. The first-order valence-electron chi connectivity index (χ1n) is 7.52. The molecule has 0 atom stereocenters. The fourth-order valence-corrected chi connectivity index (χ4v) is 2.67. The maximum Gasteiger partial charge on any atom is 0.224 e. The molecule has 116 valence electrons. The SMILES string of the molecule is CCNCc1ccccc1NC(=O)CCc1cccc(Br)c1. The summed E-state index contributed by atoms with van der Waals surface area (Å²) in [5.74, 6) is 0.0453. The molecule has 0 aliphatic rings. The number of rotatable bonds is 7. The number of hydrogen-bond acceptors (Lipinski definition) is 2. The second-order valence-electron chi connectivity index (χ2n) is 5.12. The fourth-order valence-electron chi connectivity index (χ4n) is 2.22. The van der Waals surface area contributed by atoms with Crippen molar-refractivity contribution in [2.75, 3.05) is 11.9 Å². The first-order valence-corrected chi connectivity index (χ1v) is 8.31. The van der Waals surface area contributed by atoms with E-state index in [1.807, 2.05) is 48.5 Å². The summed E-state index contributed by atoms with van der Waals surface area (Å²) in [6.07, 6.45) is 1.21. The number of hydrogen-bond donors (Lipinski definition) is 2. The summed E-state index contributed by atoms with van der Waals surface area (Å²) in [5.41, 5.74) is 3.16. The summed E-state index contributed by atoms with van der Waals surface area (Å²) in [4.78, 5) is 12.2. The van der Waals surface area contributed by atoms with Crippen molar-refractivity contribution >= 4 is 27.5 Å². The largest absolute Gasteiger partial charge is 0.326 e.